The summed E-state index contributed by atoms with van der Waals surface area (Å²) < 4.78 is 5.96. The van der Waals surface area contributed by atoms with Crippen LogP contribution >= 0.6 is 0 Å². The van der Waals surface area contributed by atoms with E-state index in [0.29, 0.717) is 0 Å². The van der Waals surface area contributed by atoms with Crippen LogP contribution in [0.3, 0.4) is 0 Å². The normalized spacial score (nSPS) is 14.8. The van der Waals surface area contributed by atoms with Gasteiger partial charge in [-0.05, 0) is 38.9 Å². The average Bonchev–Trinajstić information content (AvgIpc) is 3.28. The van der Waals surface area contributed by atoms with Crippen LogP contribution in [0.4, 0.5) is 0 Å². The molecule has 3 nitrogen and oxygen atoms in total. The van der Waals surface area contributed by atoms with E-state index in [-0.39, 0.29) is 0 Å². The number of para-hydroxylation sites is 1. The number of nitrogens with one attached hydrogen (secondary N) is 1. The van der Waals surface area contributed by atoms with Crippen LogP contribution in [0.1, 0.15) is 38.2 Å². The third-order valence-electron chi connectivity index (χ3n) is 3.76. The first kappa shape index (κ1) is 15.3. The molecule has 0 radical (unpaired) electrons. The number of likely N-dealkylation sites (N-methyl/N-ethyl adjacent to an activating group) is 1. The minimum absolute atomic E-state index is 0.739. The van der Waals surface area contributed by atoms with Gasteiger partial charge in [0.25, 0.3) is 0 Å². The van der Waals surface area contributed by atoms with E-state index < -0.39 is 0 Å². The molecule has 0 aromatic heterocycles. The summed E-state index contributed by atoms with van der Waals surface area (Å²) in [6.07, 6.45) is 5.16. The molecule has 0 spiro atoms. The van der Waals surface area contributed by atoms with Gasteiger partial charge in [-0.25, -0.2) is 0 Å². The lowest BCUT2D eigenvalue weighted by Crippen LogP contribution is -2.25. The minimum Gasteiger partial charge on any atom is -0.492 e. The van der Waals surface area contributed by atoms with E-state index >= 15 is 0 Å². The maximum absolute atomic E-state index is 5.96. The molecule has 1 aliphatic rings. The van der Waals surface area contributed by atoms with Gasteiger partial charge in [-0.15, -0.1) is 0 Å². The molecule has 20 heavy (non-hydrogen) atoms. The molecule has 2 rings (SSSR count). The van der Waals surface area contributed by atoms with Crippen LogP contribution in [0.2, 0.25) is 0 Å². The fourth-order valence-corrected chi connectivity index (χ4v) is 2.18. The van der Waals surface area contributed by atoms with Crippen molar-refractivity contribution in [3.05, 3.63) is 29.8 Å². The molecule has 1 aromatic carbocycles. The maximum atomic E-state index is 5.96. The van der Waals surface area contributed by atoms with Crippen molar-refractivity contribution in [3.8, 4) is 5.75 Å². The Labute approximate surface area is 123 Å². The van der Waals surface area contributed by atoms with Crippen LogP contribution < -0.4 is 10.1 Å². The smallest absolute Gasteiger partial charge is 0.123 e. The molecule has 1 aliphatic carbocycles. The van der Waals surface area contributed by atoms with Crippen molar-refractivity contribution in [1.29, 1.82) is 0 Å². The van der Waals surface area contributed by atoms with Crippen molar-refractivity contribution in [3.63, 3.8) is 0 Å². The number of ether oxygens (including phenoxy) is 1. The fourth-order valence-electron chi connectivity index (χ4n) is 2.18. The van der Waals surface area contributed by atoms with E-state index in [1.54, 1.807) is 0 Å². The Morgan fingerprint density at radius 2 is 2.05 bits per heavy atom. The van der Waals surface area contributed by atoms with Gasteiger partial charge in [0, 0.05) is 24.7 Å². The molecule has 0 heterocycles. The summed E-state index contributed by atoms with van der Waals surface area (Å²) in [6, 6.07) is 9.12. The molecule has 1 N–H and O–H groups in total. The Morgan fingerprint density at radius 3 is 2.80 bits per heavy atom. The molecular formula is C17H28N2O. The van der Waals surface area contributed by atoms with Crippen LogP contribution in [0, 0.1) is 0 Å². The molecule has 1 fully saturated rings. The topological polar surface area (TPSA) is 24.5 Å². The highest BCUT2D eigenvalue weighted by atomic mass is 16.5. The van der Waals surface area contributed by atoms with E-state index in [1.807, 2.05) is 0 Å². The first-order chi connectivity index (χ1) is 9.79. The second-order valence-electron chi connectivity index (χ2n) is 5.77. The van der Waals surface area contributed by atoms with E-state index in [1.165, 1.54) is 31.2 Å². The zero-order valence-electron chi connectivity index (χ0n) is 12.9. The first-order valence-electron chi connectivity index (χ1n) is 7.92. The van der Waals surface area contributed by atoms with Gasteiger partial charge >= 0.3 is 0 Å². The lowest BCUT2D eigenvalue weighted by Gasteiger charge is -2.17. The van der Waals surface area contributed by atoms with Gasteiger partial charge in [-0.1, -0.05) is 31.5 Å². The fraction of sp³-hybridized carbons (Fsp3) is 0.647. The van der Waals surface area contributed by atoms with Gasteiger partial charge < -0.3 is 15.0 Å². The molecule has 0 atom stereocenters. The number of hydrogen-bond donors (Lipinski definition) is 1. The summed E-state index contributed by atoms with van der Waals surface area (Å²) in [4.78, 5) is 2.34. The summed E-state index contributed by atoms with van der Waals surface area (Å²) in [7, 11) is 2.17. The quantitative estimate of drug-likeness (QED) is 0.711. The van der Waals surface area contributed by atoms with Gasteiger partial charge in [0.1, 0.15) is 12.4 Å². The second-order valence-corrected chi connectivity index (χ2v) is 5.77. The first-order valence-corrected chi connectivity index (χ1v) is 7.92. The molecule has 0 aliphatic heterocycles. The molecule has 0 saturated heterocycles. The van der Waals surface area contributed by atoms with E-state index in [0.717, 1.165) is 38.0 Å². The molecular weight excluding hydrogens is 248 g/mol. The Kier molecular flexibility index (Phi) is 6.34. The number of benzene rings is 1. The van der Waals surface area contributed by atoms with Gasteiger partial charge in [0.2, 0.25) is 0 Å². The summed E-state index contributed by atoms with van der Waals surface area (Å²) in [6.45, 7) is 6.07. The van der Waals surface area contributed by atoms with Crippen LogP contribution in [0.15, 0.2) is 24.3 Å². The van der Waals surface area contributed by atoms with Crippen LogP contribution in [0.25, 0.3) is 0 Å². The van der Waals surface area contributed by atoms with Crippen molar-refractivity contribution in [2.45, 2.75) is 45.2 Å². The molecule has 0 unspecified atom stereocenters. The highest BCUT2D eigenvalue weighted by Crippen LogP contribution is 2.22. The number of rotatable bonds is 10. The summed E-state index contributed by atoms with van der Waals surface area (Å²) >= 11 is 0. The lowest BCUT2D eigenvalue weighted by atomic mass is 10.2. The van der Waals surface area contributed by atoms with Gasteiger partial charge in [0.15, 0.2) is 0 Å². The van der Waals surface area contributed by atoms with Crippen LogP contribution in [-0.4, -0.2) is 37.7 Å². The van der Waals surface area contributed by atoms with Crippen molar-refractivity contribution >= 4 is 0 Å². The van der Waals surface area contributed by atoms with Gasteiger partial charge in [-0.2, -0.15) is 0 Å². The number of nitrogens with zero attached hydrogens (tertiary/aromatic N) is 1. The average molecular weight is 276 g/mol. The second kappa shape index (κ2) is 8.28. The highest BCUT2D eigenvalue weighted by Gasteiger charge is 2.20. The standard InChI is InChI=1S/C17H28N2O/c1-3-4-11-19(2)12-13-20-17-8-6-5-7-15(17)14-18-16-9-10-16/h5-8,16,18H,3-4,9-14H2,1-2H3. The molecule has 3 heteroatoms. The number of unbranched alkanes of at least 4 members (excludes halogenated alkanes) is 1. The highest BCUT2D eigenvalue weighted by molar-refractivity contribution is 5.33. The van der Waals surface area contributed by atoms with E-state index in [2.05, 4.69) is 48.5 Å². The Hall–Kier alpha value is -1.06. The molecule has 1 aromatic rings. The van der Waals surface area contributed by atoms with Crippen molar-refractivity contribution in [2.24, 2.45) is 0 Å². The number of hydrogen-bond acceptors (Lipinski definition) is 3. The van der Waals surface area contributed by atoms with Crippen molar-refractivity contribution < 1.29 is 4.74 Å². The summed E-state index contributed by atoms with van der Waals surface area (Å²) in [5.41, 5.74) is 1.27. The summed E-state index contributed by atoms with van der Waals surface area (Å²) in [5.74, 6) is 1.03. The minimum atomic E-state index is 0.739. The zero-order chi connectivity index (χ0) is 14.2. The monoisotopic (exact) mass is 276 g/mol. The largest absolute Gasteiger partial charge is 0.492 e. The maximum Gasteiger partial charge on any atom is 0.123 e. The van der Waals surface area contributed by atoms with Crippen molar-refractivity contribution in [1.82, 2.24) is 10.2 Å². The van der Waals surface area contributed by atoms with E-state index in [9.17, 15) is 0 Å². The van der Waals surface area contributed by atoms with Gasteiger partial charge in [0.05, 0.1) is 0 Å². The SMILES string of the molecule is CCCCN(C)CCOc1ccccc1CNC1CC1. The summed E-state index contributed by atoms with van der Waals surface area (Å²) in [5, 5.41) is 3.55. The lowest BCUT2D eigenvalue weighted by molar-refractivity contribution is 0.234. The Bertz CT molecular complexity index is 390. The van der Waals surface area contributed by atoms with Crippen LogP contribution in [0.5, 0.6) is 5.75 Å². The van der Waals surface area contributed by atoms with Gasteiger partial charge in [-0.3, -0.25) is 0 Å². The van der Waals surface area contributed by atoms with Crippen LogP contribution in [-0.2, 0) is 6.54 Å². The third-order valence-corrected chi connectivity index (χ3v) is 3.76. The van der Waals surface area contributed by atoms with E-state index in [4.69, 9.17) is 4.74 Å². The molecule has 0 amide bonds. The molecule has 0 bridgehead atoms. The Morgan fingerprint density at radius 1 is 1.25 bits per heavy atom. The predicted molar refractivity (Wildman–Crippen MR) is 84.2 cm³/mol. The zero-order valence-corrected chi connectivity index (χ0v) is 12.9. The molecule has 112 valence electrons. The van der Waals surface area contributed by atoms with Crippen molar-refractivity contribution in [2.75, 3.05) is 26.7 Å². The Balaban J connectivity index is 1.73. The predicted octanol–water partition coefficient (Wildman–Crippen LogP) is 3.05. The molecule has 1 saturated carbocycles. The third kappa shape index (κ3) is 5.51.